The first-order chi connectivity index (χ1) is 12.9. The molecule has 0 spiro atoms. The molecule has 3 rings (SSSR count). The largest absolute Gasteiger partial charge is 0.489 e. The predicted octanol–water partition coefficient (Wildman–Crippen LogP) is 5.35. The molecule has 7 heteroatoms. The van der Waals surface area contributed by atoms with E-state index in [9.17, 15) is 14.4 Å². The molecule has 0 saturated heterocycles. The third-order valence-electron chi connectivity index (χ3n) is 4.40. The molecule has 1 fully saturated rings. The zero-order valence-electron chi connectivity index (χ0n) is 14.1. The van der Waals surface area contributed by atoms with Gasteiger partial charge in [0.2, 0.25) is 0 Å². The quantitative estimate of drug-likeness (QED) is 0.479. The Labute approximate surface area is 171 Å². The maximum absolute atomic E-state index is 12.8. The van der Waals surface area contributed by atoms with Crippen LogP contribution in [0.4, 0.5) is 0 Å². The summed E-state index contributed by atoms with van der Waals surface area (Å²) in [6.07, 6.45) is 0.926. The van der Waals surface area contributed by atoms with Crippen molar-refractivity contribution in [1.29, 1.82) is 0 Å². The summed E-state index contributed by atoms with van der Waals surface area (Å²) in [4.78, 5) is 36.9. The number of hydrogen-bond acceptors (Lipinski definition) is 4. The zero-order valence-corrected chi connectivity index (χ0v) is 16.4. The highest BCUT2D eigenvalue weighted by molar-refractivity contribution is 6.39. The highest BCUT2D eigenvalue weighted by atomic mass is 35.5. The van der Waals surface area contributed by atoms with Gasteiger partial charge in [-0.3, -0.25) is 14.4 Å². The van der Waals surface area contributed by atoms with Gasteiger partial charge in [0, 0.05) is 34.0 Å². The molecule has 0 radical (unpaired) electrons. The lowest BCUT2D eigenvalue weighted by molar-refractivity contribution is -0.133. The Morgan fingerprint density at radius 2 is 1.59 bits per heavy atom. The third kappa shape index (κ3) is 4.34. The smallest absolute Gasteiger partial charge is 0.182 e. The molecule has 140 valence electrons. The van der Waals surface area contributed by atoms with Gasteiger partial charge in [-0.15, -0.1) is 0 Å². The number of carbonyl (C=O) groups excluding carboxylic acids is 3. The molecular weight excluding hydrogens is 411 g/mol. The van der Waals surface area contributed by atoms with E-state index in [-0.39, 0.29) is 41.6 Å². The Balaban J connectivity index is 1.86. The van der Waals surface area contributed by atoms with E-state index < -0.39 is 11.7 Å². The summed E-state index contributed by atoms with van der Waals surface area (Å²) in [6.45, 7) is 0.0208. The van der Waals surface area contributed by atoms with Crippen LogP contribution in [0.1, 0.15) is 35.2 Å². The van der Waals surface area contributed by atoms with E-state index in [1.54, 1.807) is 24.3 Å². The van der Waals surface area contributed by atoms with Crippen LogP contribution >= 0.6 is 34.8 Å². The number of halogens is 3. The van der Waals surface area contributed by atoms with Gasteiger partial charge in [0.15, 0.2) is 17.3 Å². The SMILES string of the molecule is O=C1CCCC(=O)C1C(=O)c1ccc(Cl)c(COc2ccc(Cl)cc2)c1Cl. The Bertz CT molecular complexity index is 890. The monoisotopic (exact) mass is 424 g/mol. The minimum Gasteiger partial charge on any atom is -0.489 e. The Hall–Kier alpha value is -1.88. The van der Waals surface area contributed by atoms with E-state index in [1.807, 2.05) is 0 Å². The molecule has 0 heterocycles. The molecule has 1 aliphatic carbocycles. The molecule has 0 aliphatic heterocycles. The molecule has 27 heavy (non-hydrogen) atoms. The van der Waals surface area contributed by atoms with Crippen LogP contribution in [0.25, 0.3) is 0 Å². The number of rotatable bonds is 5. The Morgan fingerprint density at radius 1 is 0.963 bits per heavy atom. The molecule has 0 unspecified atom stereocenters. The summed E-state index contributed by atoms with van der Waals surface area (Å²) < 4.78 is 5.66. The molecule has 1 aliphatic rings. The second kappa shape index (κ2) is 8.42. The summed E-state index contributed by atoms with van der Waals surface area (Å²) in [5.41, 5.74) is 0.513. The number of ketones is 3. The molecule has 0 atom stereocenters. The predicted molar refractivity (Wildman–Crippen MR) is 104 cm³/mol. The van der Waals surface area contributed by atoms with Crippen molar-refractivity contribution in [3.8, 4) is 5.75 Å². The van der Waals surface area contributed by atoms with E-state index in [0.29, 0.717) is 27.8 Å². The fraction of sp³-hybridized carbons (Fsp3) is 0.250. The van der Waals surface area contributed by atoms with Crippen LogP contribution in [0.3, 0.4) is 0 Å². The maximum Gasteiger partial charge on any atom is 0.182 e. The summed E-state index contributed by atoms with van der Waals surface area (Å²) >= 11 is 18.4. The first kappa shape index (κ1) is 19.9. The Morgan fingerprint density at radius 3 is 2.22 bits per heavy atom. The molecule has 0 N–H and O–H groups in total. The lowest BCUT2D eigenvalue weighted by Gasteiger charge is -2.19. The van der Waals surface area contributed by atoms with Crippen molar-refractivity contribution in [3.05, 3.63) is 62.6 Å². The molecule has 4 nitrogen and oxygen atoms in total. The topological polar surface area (TPSA) is 60.4 Å². The standard InChI is InChI=1S/C20H15Cl3O4/c21-11-4-6-12(7-5-11)27-10-14-15(22)9-8-13(19(14)23)20(26)18-16(24)2-1-3-17(18)25/h4-9,18H,1-3,10H2. The summed E-state index contributed by atoms with van der Waals surface area (Å²) in [5, 5.41) is 0.993. The molecule has 2 aromatic carbocycles. The fourth-order valence-corrected chi connectivity index (χ4v) is 3.66. The normalized spacial score (nSPS) is 15.1. The second-order valence-corrected chi connectivity index (χ2v) is 7.44. The van der Waals surface area contributed by atoms with Gasteiger partial charge in [-0.25, -0.2) is 0 Å². The molecule has 1 saturated carbocycles. The number of hydrogen-bond donors (Lipinski definition) is 0. The number of ether oxygens (including phenoxy) is 1. The van der Waals surface area contributed by atoms with Gasteiger partial charge in [-0.05, 0) is 42.8 Å². The third-order valence-corrected chi connectivity index (χ3v) is 5.44. The van der Waals surface area contributed by atoms with E-state index >= 15 is 0 Å². The van der Waals surface area contributed by atoms with E-state index in [4.69, 9.17) is 39.5 Å². The van der Waals surface area contributed by atoms with Gasteiger partial charge in [0.05, 0.1) is 5.02 Å². The van der Waals surface area contributed by atoms with Crippen molar-refractivity contribution in [3.63, 3.8) is 0 Å². The first-order valence-electron chi connectivity index (χ1n) is 8.33. The molecular formula is C20H15Cl3O4. The van der Waals surface area contributed by atoms with Gasteiger partial charge in [-0.2, -0.15) is 0 Å². The van der Waals surface area contributed by atoms with Crippen molar-refractivity contribution >= 4 is 52.2 Å². The van der Waals surface area contributed by atoms with Crippen molar-refractivity contribution in [1.82, 2.24) is 0 Å². The zero-order chi connectivity index (χ0) is 19.6. The lowest BCUT2D eigenvalue weighted by atomic mass is 9.81. The van der Waals surface area contributed by atoms with Gasteiger partial charge in [0.25, 0.3) is 0 Å². The molecule has 0 aromatic heterocycles. The van der Waals surface area contributed by atoms with E-state index in [1.165, 1.54) is 12.1 Å². The van der Waals surface area contributed by atoms with Crippen LogP contribution in [0, 0.1) is 5.92 Å². The van der Waals surface area contributed by atoms with Crippen molar-refractivity contribution < 1.29 is 19.1 Å². The Kier molecular flexibility index (Phi) is 6.20. The lowest BCUT2D eigenvalue weighted by Crippen LogP contribution is -2.35. The van der Waals surface area contributed by atoms with Crippen LogP contribution in [-0.2, 0) is 16.2 Å². The van der Waals surface area contributed by atoms with E-state index in [0.717, 1.165) is 0 Å². The minimum absolute atomic E-state index is 0.0208. The number of benzene rings is 2. The van der Waals surface area contributed by atoms with Crippen LogP contribution in [0.5, 0.6) is 5.75 Å². The van der Waals surface area contributed by atoms with Crippen LogP contribution < -0.4 is 4.74 Å². The number of carbonyl (C=O) groups is 3. The van der Waals surface area contributed by atoms with Gasteiger partial charge in [-0.1, -0.05) is 34.8 Å². The van der Waals surface area contributed by atoms with Crippen molar-refractivity contribution in [2.75, 3.05) is 0 Å². The maximum atomic E-state index is 12.8. The van der Waals surface area contributed by atoms with Gasteiger partial charge < -0.3 is 4.74 Å². The van der Waals surface area contributed by atoms with Crippen LogP contribution in [0.15, 0.2) is 36.4 Å². The second-order valence-electron chi connectivity index (χ2n) is 6.21. The molecule has 2 aromatic rings. The van der Waals surface area contributed by atoms with Gasteiger partial charge in [0.1, 0.15) is 18.3 Å². The van der Waals surface area contributed by atoms with Crippen LogP contribution in [0.2, 0.25) is 15.1 Å². The molecule has 0 bridgehead atoms. The van der Waals surface area contributed by atoms with E-state index in [2.05, 4.69) is 0 Å². The van der Waals surface area contributed by atoms with Gasteiger partial charge >= 0.3 is 0 Å². The summed E-state index contributed by atoms with van der Waals surface area (Å²) in [7, 11) is 0. The molecule has 0 amide bonds. The fourth-order valence-electron chi connectivity index (χ4n) is 2.96. The average Bonchev–Trinajstić information content (AvgIpc) is 2.63. The average molecular weight is 426 g/mol. The number of Topliss-reactive ketones (excluding diaryl/α,β-unsaturated/α-hetero) is 3. The highest BCUT2D eigenvalue weighted by Gasteiger charge is 2.37. The van der Waals surface area contributed by atoms with Crippen molar-refractivity contribution in [2.45, 2.75) is 25.9 Å². The minimum atomic E-state index is -1.28. The summed E-state index contributed by atoms with van der Waals surface area (Å²) in [5.74, 6) is -2.02. The highest BCUT2D eigenvalue weighted by Crippen LogP contribution is 2.32. The summed E-state index contributed by atoms with van der Waals surface area (Å²) in [6, 6.07) is 9.70. The van der Waals surface area contributed by atoms with Crippen molar-refractivity contribution in [2.24, 2.45) is 5.92 Å². The van der Waals surface area contributed by atoms with Crippen LogP contribution in [-0.4, -0.2) is 17.3 Å². The first-order valence-corrected chi connectivity index (χ1v) is 9.46.